The third kappa shape index (κ3) is 2.81. The Morgan fingerprint density at radius 3 is 2.08 bits per heavy atom. The molecular formula is C9H20N2O. The molecule has 12 heavy (non-hydrogen) atoms. The predicted molar refractivity (Wildman–Crippen MR) is 50.7 cm³/mol. The fraction of sp³-hybridized carbons (Fsp3) is 0.889. The van der Waals surface area contributed by atoms with Crippen molar-refractivity contribution >= 4 is 5.91 Å². The summed E-state index contributed by atoms with van der Waals surface area (Å²) in [5.74, 6) is 0.351. The van der Waals surface area contributed by atoms with E-state index >= 15 is 0 Å². The van der Waals surface area contributed by atoms with Crippen molar-refractivity contribution in [1.82, 2.24) is 4.90 Å². The van der Waals surface area contributed by atoms with Gasteiger partial charge in [0.05, 0.1) is 5.92 Å². The van der Waals surface area contributed by atoms with Crippen molar-refractivity contribution < 1.29 is 4.79 Å². The molecule has 0 aromatic heterocycles. The zero-order valence-electron chi connectivity index (χ0n) is 8.50. The maximum atomic E-state index is 10.8. The number of nitrogens with two attached hydrogens (primary N) is 1. The first-order valence-electron chi connectivity index (χ1n) is 4.59. The van der Waals surface area contributed by atoms with Gasteiger partial charge in [-0.2, -0.15) is 0 Å². The number of amides is 1. The van der Waals surface area contributed by atoms with Gasteiger partial charge in [-0.25, -0.2) is 0 Å². The molecule has 0 aromatic carbocycles. The van der Waals surface area contributed by atoms with Crippen LogP contribution in [-0.2, 0) is 4.79 Å². The fourth-order valence-corrected chi connectivity index (χ4v) is 1.58. The molecule has 2 N–H and O–H groups in total. The Bertz CT molecular complexity index is 147. The lowest BCUT2D eigenvalue weighted by atomic mass is 9.98. The van der Waals surface area contributed by atoms with Crippen molar-refractivity contribution in [3.8, 4) is 0 Å². The maximum absolute atomic E-state index is 10.8. The number of carbonyl (C=O) groups is 1. The number of likely N-dealkylation sites (tertiary alicyclic amines) is 1. The summed E-state index contributed by atoms with van der Waals surface area (Å²) in [4.78, 5) is 12.9. The first kappa shape index (κ1) is 11.4. The molecule has 2 atom stereocenters. The fourth-order valence-electron chi connectivity index (χ4n) is 1.58. The maximum Gasteiger partial charge on any atom is 0.222 e. The van der Waals surface area contributed by atoms with Crippen LogP contribution in [-0.4, -0.2) is 30.9 Å². The van der Waals surface area contributed by atoms with Crippen LogP contribution in [0.25, 0.3) is 0 Å². The number of hydrogen-bond acceptors (Lipinski definition) is 2. The van der Waals surface area contributed by atoms with Gasteiger partial charge in [0.1, 0.15) is 0 Å². The molecule has 1 aliphatic rings. The minimum absolute atomic E-state index is 0.0741. The third-order valence-electron chi connectivity index (χ3n) is 2.16. The Balaban J connectivity index is 0.000000561. The van der Waals surface area contributed by atoms with Crippen molar-refractivity contribution in [2.24, 2.45) is 17.6 Å². The average Bonchev–Trinajstić information content (AvgIpc) is 2.34. The van der Waals surface area contributed by atoms with E-state index in [1.807, 2.05) is 20.9 Å². The molecule has 1 aliphatic heterocycles. The average molecular weight is 172 g/mol. The van der Waals surface area contributed by atoms with Gasteiger partial charge < -0.3 is 10.6 Å². The van der Waals surface area contributed by atoms with Crippen LogP contribution in [0.1, 0.15) is 20.8 Å². The van der Waals surface area contributed by atoms with Gasteiger partial charge in [-0.1, -0.05) is 20.8 Å². The van der Waals surface area contributed by atoms with Gasteiger partial charge in [0.25, 0.3) is 0 Å². The third-order valence-corrected chi connectivity index (χ3v) is 2.16. The predicted octanol–water partition coefficient (Wildman–Crippen LogP) is 0.696. The van der Waals surface area contributed by atoms with Gasteiger partial charge in [0.15, 0.2) is 0 Å². The monoisotopic (exact) mass is 172 g/mol. The molecule has 2 unspecified atom stereocenters. The molecule has 0 aromatic rings. The lowest BCUT2D eigenvalue weighted by Gasteiger charge is -2.07. The minimum atomic E-state index is -0.156. The van der Waals surface area contributed by atoms with Crippen LogP contribution in [0, 0.1) is 11.8 Å². The number of rotatable bonds is 1. The summed E-state index contributed by atoms with van der Waals surface area (Å²) in [7, 11) is 2.01. The Hall–Kier alpha value is -0.570. The summed E-state index contributed by atoms with van der Waals surface area (Å²) < 4.78 is 0. The number of primary amides is 1. The van der Waals surface area contributed by atoms with E-state index in [2.05, 4.69) is 11.8 Å². The van der Waals surface area contributed by atoms with Crippen molar-refractivity contribution in [3.05, 3.63) is 0 Å². The first-order chi connectivity index (χ1) is 5.61. The normalized spacial score (nSPS) is 29.3. The first-order valence-corrected chi connectivity index (χ1v) is 4.59. The van der Waals surface area contributed by atoms with Gasteiger partial charge in [0, 0.05) is 13.1 Å². The Kier molecular flexibility index (Phi) is 4.90. The zero-order valence-corrected chi connectivity index (χ0v) is 8.50. The molecule has 1 heterocycles. The SMILES string of the molecule is CC.CC1CN(C)CC1C(N)=O. The molecule has 3 heteroatoms. The number of carbonyl (C=O) groups excluding carboxylic acids is 1. The van der Waals surface area contributed by atoms with Crippen LogP contribution >= 0.6 is 0 Å². The minimum Gasteiger partial charge on any atom is -0.369 e. The second kappa shape index (κ2) is 5.14. The van der Waals surface area contributed by atoms with E-state index in [1.54, 1.807) is 0 Å². The largest absolute Gasteiger partial charge is 0.369 e. The molecule has 1 saturated heterocycles. The molecule has 0 saturated carbocycles. The van der Waals surface area contributed by atoms with Crippen molar-refractivity contribution in [2.45, 2.75) is 20.8 Å². The molecule has 3 nitrogen and oxygen atoms in total. The molecule has 0 radical (unpaired) electrons. The molecule has 1 rings (SSSR count). The second-order valence-corrected chi connectivity index (χ2v) is 3.21. The molecular weight excluding hydrogens is 152 g/mol. The quantitative estimate of drug-likeness (QED) is 0.632. The zero-order chi connectivity index (χ0) is 9.72. The van der Waals surface area contributed by atoms with Crippen LogP contribution in [0.5, 0.6) is 0 Å². The molecule has 0 aliphatic carbocycles. The lowest BCUT2D eigenvalue weighted by molar-refractivity contribution is -0.122. The number of hydrogen-bond donors (Lipinski definition) is 1. The topological polar surface area (TPSA) is 46.3 Å². The van der Waals surface area contributed by atoms with E-state index in [0.717, 1.165) is 13.1 Å². The second-order valence-electron chi connectivity index (χ2n) is 3.21. The van der Waals surface area contributed by atoms with E-state index in [1.165, 1.54) is 0 Å². The van der Waals surface area contributed by atoms with Gasteiger partial charge in [-0.15, -0.1) is 0 Å². The summed E-state index contributed by atoms with van der Waals surface area (Å²) in [5, 5.41) is 0. The van der Waals surface area contributed by atoms with Gasteiger partial charge in [-0.05, 0) is 13.0 Å². The summed E-state index contributed by atoms with van der Waals surface area (Å²) >= 11 is 0. The van der Waals surface area contributed by atoms with Crippen LogP contribution in [0.2, 0.25) is 0 Å². The Labute approximate surface area is 74.9 Å². The van der Waals surface area contributed by atoms with E-state index in [0.29, 0.717) is 5.92 Å². The molecule has 1 fully saturated rings. The van der Waals surface area contributed by atoms with Crippen LogP contribution in [0.3, 0.4) is 0 Å². The molecule has 72 valence electrons. The summed E-state index contributed by atoms with van der Waals surface area (Å²) in [6, 6.07) is 0. The van der Waals surface area contributed by atoms with Crippen LogP contribution in [0.15, 0.2) is 0 Å². The Morgan fingerprint density at radius 1 is 1.42 bits per heavy atom. The van der Waals surface area contributed by atoms with Crippen LogP contribution in [0.4, 0.5) is 0 Å². The standard InChI is InChI=1S/C7H14N2O.C2H6/c1-5-3-9(2)4-6(5)7(8)10;1-2/h5-6H,3-4H2,1-2H3,(H2,8,10);1-2H3. The van der Waals surface area contributed by atoms with Crippen molar-refractivity contribution in [1.29, 1.82) is 0 Å². The molecule has 1 amide bonds. The smallest absolute Gasteiger partial charge is 0.222 e. The van der Waals surface area contributed by atoms with E-state index in [9.17, 15) is 4.79 Å². The molecule has 0 bridgehead atoms. The highest BCUT2D eigenvalue weighted by molar-refractivity contribution is 5.77. The van der Waals surface area contributed by atoms with Crippen LogP contribution < -0.4 is 5.73 Å². The molecule has 0 spiro atoms. The summed E-state index contributed by atoms with van der Waals surface area (Å²) in [6.45, 7) is 7.89. The van der Waals surface area contributed by atoms with E-state index in [4.69, 9.17) is 5.73 Å². The number of nitrogens with zero attached hydrogens (tertiary/aromatic N) is 1. The van der Waals surface area contributed by atoms with Crippen molar-refractivity contribution in [3.63, 3.8) is 0 Å². The highest BCUT2D eigenvalue weighted by Gasteiger charge is 2.30. The van der Waals surface area contributed by atoms with Crippen molar-refractivity contribution in [2.75, 3.05) is 20.1 Å². The Morgan fingerprint density at radius 2 is 1.92 bits per heavy atom. The highest BCUT2D eigenvalue weighted by atomic mass is 16.1. The highest BCUT2D eigenvalue weighted by Crippen LogP contribution is 2.20. The van der Waals surface area contributed by atoms with E-state index < -0.39 is 0 Å². The van der Waals surface area contributed by atoms with Gasteiger partial charge in [-0.3, -0.25) is 4.79 Å². The van der Waals surface area contributed by atoms with Gasteiger partial charge >= 0.3 is 0 Å². The van der Waals surface area contributed by atoms with E-state index in [-0.39, 0.29) is 11.8 Å². The summed E-state index contributed by atoms with van der Waals surface area (Å²) in [5.41, 5.74) is 5.18. The lowest BCUT2D eigenvalue weighted by Crippen LogP contribution is -2.28. The van der Waals surface area contributed by atoms with Gasteiger partial charge in [0.2, 0.25) is 5.91 Å². The summed E-state index contributed by atoms with van der Waals surface area (Å²) in [6.07, 6.45) is 0.